The van der Waals surface area contributed by atoms with E-state index in [2.05, 4.69) is 388 Å². The fraction of sp³-hybridized carbons (Fsp3) is 0.0930. The van der Waals surface area contributed by atoms with Crippen LogP contribution >= 0.6 is 47.5 Å². The molecule has 0 amide bonds. The largest absolute Gasteiger partial charge is 0.0622 e. The average Bonchev–Trinajstić information content (AvgIpc) is 0.810. The van der Waals surface area contributed by atoms with E-state index in [0.717, 1.165) is 37.0 Å². The van der Waals surface area contributed by atoms with E-state index in [1.165, 1.54) is 74.8 Å². The summed E-state index contributed by atoms with van der Waals surface area (Å²) in [6.07, 6.45) is 5.87. The Hall–Kier alpha value is -7.56. The summed E-state index contributed by atoms with van der Waals surface area (Å²) >= 11 is 0. The minimum Gasteiger partial charge on any atom is -0.0622 e. The molecule has 0 fully saturated rings. The van der Waals surface area contributed by atoms with Gasteiger partial charge in [-0.2, -0.15) is 0 Å². The molecule has 0 saturated carbocycles. The van der Waals surface area contributed by atoms with Crippen LogP contribution in [0.2, 0.25) is 0 Å². The molecule has 450 valence electrons. The molecule has 13 aromatic rings. The Labute approximate surface area is 554 Å². The second-order valence-corrected chi connectivity index (χ2v) is 36.9. The zero-order valence-corrected chi connectivity index (χ0v) is 57.2. The molecule has 92 heavy (non-hydrogen) atoms. The average molecular weight is 1300 g/mol. The Morgan fingerprint density at radius 3 is 0.326 bits per heavy atom. The van der Waals surface area contributed by atoms with Gasteiger partial charge in [0.2, 0.25) is 0 Å². The third-order valence-electron chi connectivity index (χ3n) is 17.7. The van der Waals surface area contributed by atoms with Crippen molar-refractivity contribution >= 4 is 111 Å². The first-order valence-corrected chi connectivity index (χ1v) is 41.1. The van der Waals surface area contributed by atoms with Crippen LogP contribution in [0.5, 0.6) is 0 Å². The zero-order valence-electron chi connectivity index (χ0n) is 51.9. The molecule has 0 N–H and O–H groups in total. The Balaban J connectivity index is 1.10. The molecule has 0 heterocycles. The molecule has 0 nitrogen and oxygen atoms in total. The van der Waals surface area contributed by atoms with Crippen molar-refractivity contribution in [2.45, 2.75) is 10.8 Å². The summed E-state index contributed by atoms with van der Waals surface area (Å²) in [6.45, 7) is 0. The molecule has 0 spiro atoms. The smallest absolute Gasteiger partial charge is 0.00885 e. The van der Waals surface area contributed by atoms with E-state index in [0.29, 0.717) is 0 Å². The quantitative estimate of drug-likeness (QED) is 0.0474. The van der Waals surface area contributed by atoms with Gasteiger partial charge in [-0.1, -0.05) is 388 Å². The van der Waals surface area contributed by atoms with Crippen LogP contribution in [0.25, 0.3) is 0 Å². The Morgan fingerprint density at radius 1 is 0.130 bits per heavy atom. The topological polar surface area (TPSA) is 0 Å². The molecule has 13 aromatic carbocycles. The number of rotatable bonds is 26. The van der Waals surface area contributed by atoms with Gasteiger partial charge in [0.05, 0.1) is 0 Å². The van der Waals surface area contributed by atoms with E-state index in [-0.39, 0.29) is 10.8 Å². The van der Waals surface area contributed by atoms with Crippen LogP contribution in [0.4, 0.5) is 0 Å². The van der Waals surface area contributed by atoms with Crippen LogP contribution in [0, 0.1) is 0 Å². The van der Waals surface area contributed by atoms with Gasteiger partial charge >= 0.3 is 0 Å². The summed E-state index contributed by atoms with van der Waals surface area (Å²) in [4.78, 5) is 0. The van der Waals surface area contributed by atoms with Crippen molar-refractivity contribution in [2.75, 3.05) is 37.0 Å². The summed E-state index contributed by atoms with van der Waals surface area (Å²) in [7, 11) is -5.35. The normalized spacial score (nSPS) is 11.9. The van der Waals surface area contributed by atoms with Crippen molar-refractivity contribution in [1.82, 2.24) is 0 Å². The van der Waals surface area contributed by atoms with Crippen LogP contribution in [-0.2, 0) is 10.8 Å². The van der Waals surface area contributed by atoms with Gasteiger partial charge in [-0.3, -0.25) is 0 Å². The summed E-state index contributed by atoms with van der Waals surface area (Å²) in [6, 6.07) is 150. The third-order valence-corrected chi connectivity index (χ3v) is 34.3. The summed E-state index contributed by atoms with van der Waals surface area (Å²) in [5.41, 5.74) is 2.16. The second-order valence-electron chi connectivity index (χ2n) is 23.7. The van der Waals surface area contributed by atoms with Crippen LogP contribution in [0.3, 0.4) is 0 Å². The first-order valence-electron chi connectivity index (χ1n) is 32.0. The lowest BCUT2D eigenvalue weighted by Crippen LogP contribution is -2.44. The van der Waals surface area contributed by atoms with Crippen molar-refractivity contribution in [3.05, 3.63) is 399 Å². The maximum atomic E-state index is 2.69. The summed E-state index contributed by atoms with van der Waals surface area (Å²) < 4.78 is 0. The summed E-state index contributed by atoms with van der Waals surface area (Å²) in [5, 5.41) is 17.0. The van der Waals surface area contributed by atoms with E-state index in [4.69, 9.17) is 0 Å². The van der Waals surface area contributed by atoms with Gasteiger partial charge in [-0.15, -0.1) is 0 Å². The van der Waals surface area contributed by atoms with Gasteiger partial charge < -0.3 is 0 Å². The Morgan fingerprint density at radius 2 is 0.228 bits per heavy atom. The van der Waals surface area contributed by atoms with Crippen LogP contribution in [-0.4, -0.2) is 37.0 Å². The van der Waals surface area contributed by atoms with Crippen LogP contribution in [0.1, 0.15) is 11.1 Å². The second kappa shape index (κ2) is 31.4. The minimum atomic E-state index is -0.891. The van der Waals surface area contributed by atoms with Crippen molar-refractivity contribution in [3.63, 3.8) is 0 Å². The lowest BCUT2D eigenvalue weighted by molar-refractivity contribution is 0.604. The zero-order chi connectivity index (χ0) is 62.0. The van der Waals surface area contributed by atoms with Gasteiger partial charge in [-0.05, 0) is 159 Å². The van der Waals surface area contributed by atoms with E-state index < -0.39 is 47.5 Å². The maximum absolute atomic E-state index is 2.69. The summed E-state index contributed by atoms with van der Waals surface area (Å²) in [5.74, 6) is 0. The van der Waals surface area contributed by atoms with Crippen LogP contribution in [0.15, 0.2) is 388 Å². The molecule has 0 saturated heterocycles. The first-order chi connectivity index (χ1) is 45.6. The van der Waals surface area contributed by atoms with Gasteiger partial charge in [0.1, 0.15) is 0 Å². The molecule has 0 radical (unpaired) electrons. The van der Waals surface area contributed by atoms with Crippen molar-refractivity contribution < 1.29 is 0 Å². The fourth-order valence-electron chi connectivity index (χ4n) is 13.1. The number of hydrogen-bond acceptors (Lipinski definition) is 0. The molecule has 0 aliphatic heterocycles. The molecule has 0 aromatic heterocycles. The monoisotopic (exact) mass is 1290 g/mol. The lowest BCUT2D eigenvalue weighted by Gasteiger charge is -2.45. The van der Waals surface area contributed by atoms with Crippen molar-refractivity contribution in [1.29, 1.82) is 0 Å². The van der Waals surface area contributed by atoms with E-state index in [9.17, 15) is 0 Å². The Kier molecular flexibility index (Phi) is 21.6. The number of benzene rings is 13. The highest BCUT2D eigenvalue weighted by Crippen LogP contribution is 2.57. The molecule has 6 heteroatoms. The fourth-order valence-corrected chi connectivity index (χ4v) is 30.6. The van der Waals surface area contributed by atoms with Crippen molar-refractivity contribution in [2.24, 2.45) is 0 Å². The number of hydrogen-bond donors (Lipinski definition) is 0. The first kappa shape index (κ1) is 63.2. The molecular formula is C86H76P6. The highest BCUT2D eigenvalue weighted by molar-refractivity contribution is 7.76. The van der Waals surface area contributed by atoms with Gasteiger partial charge in [-0.25, -0.2) is 0 Å². The van der Waals surface area contributed by atoms with Gasteiger partial charge in [0.25, 0.3) is 0 Å². The standard InChI is InChI=1S/C86H76P6/c1-13-37-73(38-14-1)87(74-39-15-2-16-40-74)65-85(66-88(75-41-17-3-18-42-75)76-43-19-4-20-44-76,67-89(77-45-21-5-22-46-77)78-47-23-6-24-48-78)71-61-63-72(64-62-71)86(68-90(79-49-25-7-26-50-79)80-51-27-8-28-52-80,69-91(81-53-29-9-30-54-81)82-55-31-10-32-56-82)70-92(83-57-33-11-34-58-83)84-59-35-12-36-60-84/h1-64H,65-70H2. The van der Waals surface area contributed by atoms with E-state index >= 15 is 0 Å². The molecule has 0 bridgehead atoms. The highest BCUT2D eigenvalue weighted by Gasteiger charge is 2.45. The van der Waals surface area contributed by atoms with E-state index in [1.807, 2.05) is 0 Å². The molecule has 13 rings (SSSR count). The van der Waals surface area contributed by atoms with Crippen LogP contribution < -0.4 is 63.7 Å². The van der Waals surface area contributed by atoms with E-state index in [1.54, 1.807) is 0 Å². The predicted octanol–water partition coefficient (Wildman–Crippen LogP) is 17.0. The molecule has 0 atom stereocenters. The van der Waals surface area contributed by atoms with Gasteiger partial charge in [0, 0.05) is 10.8 Å². The highest BCUT2D eigenvalue weighted by atomic mass is 31.1. The molecular weight excluding hydrogens is 1220 g/mol. The molecule has 0 aliphatic rings. The lowest BCUT2D eigenvalue weighted by atomic mass is 9.81. The predicted molar refractivity (Wildman–Crippen MR) is 413 cm³/mol. The third kappa shape index (κ3) is 15.4. The molecule has 0 unspecified atom stereocenters. The Bertz CT molecular complexity index is 3330. The van der Waals surface area contributed by atoms with Crippen molar-refractivity contribution in [3.8, 4) is 0 Å². The van der Waals surface area contributed by atoms with Gasteiger partial charge in [0.15, 0.2) is 0 Å². The maximum Gasteiger partial charge on any atom is 0.00885 e. The SMILES string of the molecule is c1ccc(P(CC(CP(c2ccccc2)c2ccccc2)(CP(c2ccccc2)c2ccccc2)c2ccc(C(CP(c3ccccc3)c3ccccc3)(CP(c3ccccc3)c3ccccc3)CP(c3ccccc3)c3ccccc3)cc2)c2ccccc2)cc1. The molecule has 0 aliphatic carbocycles. The minimum absolute atomic E-state index is 0.352.